The number of morpholine rings is 2. The molecule has 0 aliphatic carbocycles. The summed E-state index contributed by atoms with van der Waals surface area (Å²) in [6, 6.07) is 13.9. The highest BCUT2D eigenvalue weighted by Crippen LogP contribution is 2.26. The van der Waals surface area contributed by atoms with Gasteiger partial charge in [-0.25, -0.2) is 4.98 Å². The lowest BCUT2D eigenvalue weighted by Gasteiger charge is -2.37. The van der Waals surface area contributed by atoms with Gasteiger partial charge >= 0.3 is 0 Å². The fraction of sp³-hybridized carbons (Fsp3) is 0.478. The number of amides is 1. The molecule has 0 bridgehead atoms. The predicted octanol–water partition coefficient (Wildman–Crippen LogP) is 3.30. The van der Waals surface area contributed by atoms with Gasteiger partial charge in [-0.3, -0.25) is 4.79 Å². The van der Waals surface area contributed by atoms with Crippen LogP contribution in [0.25, 0.3) is 0 Å². The van der Waals surface area contributed by atoms with E-state index in [4.69, 9.17) is 9.47 Å². The Morgan fingerprint density at radius 3 is 2.24 bits per heavy atom. The summed E-state index contributed by atoms with van der Waals surface area (Å²) in [7, 11) is 0. The summed E-state index contributed by atoms with van der Waals surface area (Å²) in [5.41, 5.74) is 1.71. The highest BCUT2D eigenvalue weighted by molar-refractivity contribution is 5.94. The monoisotopic (exact) mass is 395 g/mol. The van der Waals surface area contributed by atoms with Gasteiger partial charge in [0.1, 0.15) is 11.9 Å². The number of hydrogen-bond acceptors (Lipinski definition) is 5. The number of rotatable bonds is 3. The van der Waals surface area contributed by atoms with Crippen molar-refractivity contribution in [3.8, 4) is 0 Å². The Bertz CT molecular complexity index is 817. The van der Waals surface area contributed by atoms with Crippen molar-refractivity contribution in [2.75, 3.05) is 31.1 Å². The molecule has 29 heavy (non-hydrogen) atoms. The minimum Gasteiger partial charge on any atom is -0.372 e. The molecule has 2 aliphatic heterocycles. The summed E-state index contributed by atoms with van der Waals surface area (Å²) in [5, 5.41) is 0. The second kappa shape index (κ2) is 8.51. The third-order valence-corrected chi connectivity index (χ3v) is 5.46. The van der Waals surface area contributed by atoms with Crippen LogP contribution in [0, 0.1) is 0 Å². The average Bonchev–Trinajstić information content (AvgIpc) is 2.73. The van der Waals surface area contributed by atoms with Gasteiger partial charge in [0.2, 0.25) is 0 Å². The lowest BCUT2D eigenvalue weighted by Crippen LogP contribution is -2.46. The van der Waals surface area contributed by atoms with Gasteiger partial charge in [0.05, 0.1) is 30.4 Å². The molecule has 1 aromatic carbocycles. The Balaban J connectivity index is 1.46. The van der Waals surface area contributed by atoms with Crippen molar-refractivity contribution >= 4 is 11.7 Å². The van der Waals surface area contributed by atoms with Crippen molar-refractivity contribution in [2.45, 2.75) is 45.2 Å². The van der Waals surface area contributed by atoms with Crippen LogP contribution in [0.4, 0.5) is 5.82 Å². The van der Waals surface area contributed by atoms with Gasteiger partial charge in [-0.05, 0) is 38.5 Å². The molecule has 0 spiro atoms. The maximum atomic E-state index is 13.1. The van der Waals surface area contributed by atoms with E-state index in [0.29, 0.717) is 18.7 Å². The first-order chi connectivity index (χ1) is 14.0. The quantitative estimate of drug-likeness (QED) is 0.798. The second-order valence-electron chi connectivity index (χ2n) is 8.12. The second-order valence-corrected chi connectivity index (χ2v) is 8.12. The Labute approximate surface area is 172 Å². The zero-order chi connectivity index (χ0) is 20.4. The van der Waals surface area contributed by atoms with Crippen LogP contribution in [-0.4, -0.2) is 60.3 Å². The van der Waals surface area contributed by atoms with Gasteiger partial charge in [0.15, 0.2) is 0 Å². The molecule has 2 aromatic rings. The summed E-state index contributed by atoms with van der Waals surface area (Å²) in [6.45, 7) is 8.91. The van der Waals surface area contributed by atoms with Crippen molar-refractivity contribution in [2.24, 2.45) is 0 Å². The molecule has 1 amide bonds. The SMILES string of the molecule is CC1CN(c2ccc(C(=O)N3CC(C)OC(c4ccccc4)C3)cn2)CC(C)O1. The van der Waals surface area contributed by atoms with Gasteiger partial charge in [-0.1, -0.05) is 30.3 Å². The van der Waals surface area contributed by atoms with Crippen LogP contribution in [0.3, 0.4) is 0 Å². The number of hydrogen-bond donors (Lipinski definition) is 0. The third-order valence-electron chi connectivity index (χ3n) is 5.46. The summed E-state index contributed by atoms with van der Waals surface area (Å²) in [4.78, 5) is 21.8. The van der Waals surface area contributed by atoms with Crippen LogP contribution >= 0.6 is 0 Å². The Hall–Kier alpha value is -2.44. The maximum Gasteiger partial charge on any atom is 0.255 e. The van der Waals surface area contributed by atoms with E-state index in [2.05, 4.69) is 23.7 Å². The van der Waals surface area contributed by atoms with Crippen LogP contribution in [0.2, 0.25) is 0 Å². The molecule has 6 nitrogen and oxygen atoms in total. The van der Waals surface area contributed by atoms with Crippen LogP contribution in [0.5, 0.6) is 0 Å². The molecule has 0 N–H and O–H groups in total. The first-order valence-electron chi connectivity index (χ1n) is 10.4. The van der Waals surface area contributed by atoms with E-state index in [9.17, 15) is 4.79 Å². The number of aromatic nitrogens is 1. The van der Waals surface area contributed by atoms with Gasteiger partial charge in [-0.15, -0.1) is 0 Å². The fourth-order valence-corrected chi connectivity index (χ4v) is 4.22. The summed E-state index contributed by atoms with van der Waals surface area (Å²) in [5.74, 6) is 0.893. The Kier molecular flexibility index (Phi) is 5.83. The first kappa shape index (κ1) is 19.9. The zero-order valence-electron chi connectivity index (χ0n) is 17.3. The highest BCUT2D eigenvalue weighted by Gasteiger charge is 2.30. The molecule has 2 fully saturated rings. The van der Waals surface area contributed by atoms with E-state index in [1.807, 2.05) is 54.3 Å². The van der Waals surface area contributed by atoms with Crippen molar-refractivity contribution in [1.82, 2.24) is 9.88 Å². The third kappa shape index (κ3) is 4.60. The summed E-state index contributed by atoms with van der Waals surface area (Å²) >= 11 is 0. The smallest absolute Gasteiger partial charge is 0.255 e. The first-order valence-corrected chi connectivity index (χ1v) is 10.4. The van der Waals surface area contributed by atoms with Crippen LogP contribution in [-0.2, 0) is 9.47 Å². The zero-order valence-corrected chi connectivity index (χ0v) is 17.3. The van der Waals surface area contributed by atoms with Crippen molar-refractivity contribution in [3.63, 3.8) is 0 Å². The maximum absolute atomic E-state index is 13.1. The van der Waals surface area contributed by atoms with Crippen molar-refractivity contribution in [1.29, 1.82) is 0 Å². The van der Waals surface area contributed by atoms with E-state index in [1.54, 1.807) is 6.20 Å². The van der Waals surface area contributed by atoms with Gasteiger partial charge < -0.3 is 19.3 Å². The molecule has 2 saturated heterocycles. The molecule has 6 heteroatoms. The number of ether oxygens (including phenoxy) is 2. The number of pyridine rings is 1. The van der Waals surface area contributed by atoms with Gasteiger partial charge in [0, 0.05) is 25.8 Å². The van der Waals surface area contributed by atoms with Crippen molar-refractivity contribution in [3.05, 3.63) is 59.8 Å². The predicted molar refractivity (Wildman–Crippen MR) is 112 cm³/mol. The lowest BCUT2D eigenvalue weighted by atomic mass is 10.1. The fourth-order valence-electron chi connectivity index (χ4n) is 4.22. The molecule has 0 radical (unpaired) electrons. The molecule has 4 unspecified atom stereocenters. The summed E-state index contributed by atoms with van der Waals surface area (Å²) in [6.07, 6.45) is 1.92. The minimum absolute atomic E-state index is 0.00356. The van der Waals surface area contributed by atoms with Crippen molar-refractivity contribution < 1.29 is 14.3 Å². The van der Waals surface area contributed by atoms with Gasteiger partial charge in [-0.2, -0.15) is 0 Å². The number of benzene rings is 1. The molecule has 2 aliphatic rings. The minimum atomic E-state index is -0.104. The van der Waals surface area contributed by atoms with Crippen LogP contribution in [0.1, 0.15) is 42.8 Å². The van der Waals surface area contributed by atoms with Crippen LogP contribution in [0.15, 0.2) is 48.7 Å². The van der Waals surface area contributed by atoms with Crippen LogP contribution < -0.4 is 4.90 Å². The molecule has 3 heterocycles. The number of carbonyl (C=O) groups is 1. The van der Waals surface area contributed by atoms with Gasteiger partial charge in [0.25, 0.3) is 5.91 Å². The van der Waals surface area contributed by atoms with E-state index < -0.39 is 0 Å². The Morgan fingerprint density at radius 1 is 0.897 bits per heavy atom. The molecular weight excluding hydrogens is 366 g/mol. The molecule has 0 saturated carbocycles. The number of nitrogens with zero attached hydrogens (tertiary/aromatic N) is 3. The van der Waals surface area contributed by atoms with E-state index in [1.165, 1.54) is 0 Å². The highest BCUT2D eigenvalue weighted by atomic mass is 16.5. The van der Waals surface area contributed by atoms with E-state index in [0.717, 1.165) is 24.5 Å². The summed E-state index contributed by atoms with van der Waals surface area (Å²) < 4.78 is 11.9. The lowest BCUT2D eigenvalue weighted by molar-refractivity contribution is -0.0691. The van der Waals surface area contributed by atoms with E-state index in [-0.39, 0.29) is 30.3 Å². The molecule has 154 valence electrons. The standard InChI is InChI=1S/C23H29N3O3/c1-16-12-25(13-17(2)28-16)22-10-9-20(11-24-22)23(27)26-14-18(3)29-21(15-26)19-7-5-4-6-8-19/h4-11,16-18,21H,12-15H2,1-3H3. The molecule has 4 rings (SSSR count). The number of anilines is 1. The largest absolute Gasteiger partial charge is 0.372 e. The topological polar surface area (TPSA) is 54.9 Å². The molecular formula is C23H29N3O3. The average molecular weight is 396 g/mol. The normalized spacial score (nSPS) is 27.7. The Morgan fingerprint density at radius 2 is 1.59 bits per heavy atom. The number of carbonyl (C=O) groups excluding carboxylic acids is 1. The molecule has 1 aromatic heterocycles. The van der Waals surface area contributed by atoms with E-state index >= 15 is 0 Å². The molecule has 4 atom stereocenters.